The highest BCUT2D eigenvalue weighted by molar-refractivity contribution is 6.08. The summed E-state index contributed by atoms with van der Waals surface area (Å²) in [6.45, 7) is 5.96. The number of unbranched alkanes of at least 4 members (excludes halogenated alkanes) is 24. The van der Waals surface area contributed by atoms with E-state index in [4.69, 9.17) is 9.47 Å². The second kappa shape index (κ2) is 29.6. The molecule has 1 unspecified atom stereocenters. The van der Waals surface area contributed by atoms with Crippen LogP contribution in [0.1, 0.15) is 194 Å². The first-order chi connectivity index (χ1) is 20.4. The van der Waals surface area contributed by atoms with E-state index in [0.717, 1.165) is 39.0 Å². The van der Waals surface area contributed by atoms with Gasteiger partial charge in [0.1, 0.15) is 0 Å². The van der Waals surface area contributed by atoms with Crippen LogP contribution in [-0.4, -0.2) is 41.6 Å². The van der Waals surface area contributed by atoms with Crippen molar-refractivity contribution in [2.45, 2.75) is 200 Å². The Bertz CT molecular complexity index is 649. The molecule has 0 aliphatic heterocycles. The van der Waals surface area contributed by atoms with Gasteiger partial charge in [-0.25, -0.2) is 4.79 Å². The summed E-state index contributed by atoms with van der Waals surface area (Å²) in [5.74, 6) is -2.59. The average Bonchev–Trinajstić information content (AvgIpc) is 2.97. The second-order valence-corrected chi connectivity index (χ2v) is 12.4. The molecule has 0 amide bonds. The van der Waals surface area contributed by atoms with E-state index in [9.17, 15) is 19.5 Å². The minimum atomic E-state index is -2.47. The molecule has 1 atom stereocenters. The number of aliphatic hydroxyl groups is 1. The molecule has 0 fully saturated rings. The van der Waals surface area contributed by atoms with Crippen molar-refractivity contribution < 1.29 is 29.0 Å². The summed E-state index contributed by atoms with van der Waals surface area (Å²) in [6.07, 6.45) is 31.2. The monoisotopic (exact) mass is 597 g/mol. The Morgan fingerprint density at radius 2 is 0.762 bits per heavy atom. The van der Waals surface area contributed by atoms with Crippen molar-refractivity contribution in [3.05, 3.63) is 0 Å². The van der Waals surface area contributed by atoms with Crippen LogP contribution in [0.2, 0.25) is 0 Å². The van der Waals surface area contributed by atoms with Gasteiger partial charge in [-0.3, -0.25) is 9.59 Å². The van der Waals surface area contributed by atoms with Gasteiger partial charge in [-0.2, -0.15) is 0 Å². The lowest BCUT2D eigenvalue weighted by Crippen LogP contribution is -2.48. The van der Waals surface area contributed by atoms with E-state index in [1.165, 1.54) is 128 Å². The first kappa shape index (κ1) is 40.6. The fourth-order valence-corrected chi connectivity index (χ4v) is 5.31. The molecule has 248 valence electrons. The van der Waals surface area contributed by atoms with Gasteiger partial charge in [0.2, 0.25) is 5.60 Å². The molecule has 0 aromatic carbocycles. The Kier molecular flexibility index (Phi) is 28.6. The predicted octanol–water partition coefficient (Wildman–Crippen LogP) is 9.97. The molecule has 0 radical (unpaired) electrons. The lowest BCUT2D eigenvalue weighted by atomic mass is 9.95. The van der Waals surface area contributed by atoms with Gasteiger partial charge in [-0.15, -0.1) is 0 Å². The van der Waals surface area contributed by atoms with Crippen LogP contribution < -0.4 is 0 Å². The smallest absolute Gasteiger partial charge is 0.346 e. The van der Waals surface area contributed by atoms with E-state index >= 15 is 0 Å². The van der Waals surface area contributed by atoms with Crippen molar-refractivity contribution in [2.75, 3.05) is 13.2 Å². The highest BCUT2D eigenvalue weighted by Crippen LogP contribution is 2.18. The van der Waals surface area contributed by atoms with Crippen molar-refractivity contribution >= 4 is 17.7 Å². The average molecular weight is 597 g/mol. The Labute approximate surface area is 259 Å². The van der Waals surface area contributed by atoms with Crippen molar-refractivity contribution in [2.24, 2.45) is 0 Å². The van der Waals surface area contributed by atoms with E-state index < -0.39 is 29.7 Å². The normalized spacial score (nSPS) is 12.7. The summed E-state index contributed by atoms with van der Waals surface area (Å²) in [4.78, 5) is 36.7. The van der Waals surface area contributed by atoms with Gasteiger partial charge in [0.05, 0.1) is 19.6 Å². The SMILES string of the molecule is CCCCCCCCCCCCCCCCCCOC(=O)CC(O)(C(C)=O)C(=O)OCCCCCCCCCCCC. The van der Waals surface area contributed by atoms with Gasteiger partial charge in [0.25, 0.3) is 0 Å². The van der Waals surface area contributed by atoms with Crippen LogP contribution in [0.25, 0.3) is 0 Å². The van der Waals surface area contributed by atoms with Crippen LogP contribution >= 0.6 is 0 Å². The molecule has 0 saturated carbocycles. The third-order valence-corrected chi connectivity index (χ3v) is 8.31. The molecule has 0 heterocycles. The van der Waals surface area contributed by atoms with Gasteiger partial charge in [-0.05, 0) is 19.8 Å². The minimum absolute atomic E-state index is 0.138. The van der Waals surface area contributed by atoms with E-state index in [1.807, 2.05) is 0 Å². The van der Waals surface area contributed by atoms with Gasteiger partial charge < -0.3 is 14.6 Å². The summed E-state index contributed by atoms with van der Waals surface area (Å²) in [5, 5.41) is 10.6. The van der Waals surface area contributed by atoms with Crippen LogP contribution in [0.3, 0.4) is 0 Å². The van der Waals surface area contributed by atoms with Gasteiger partial charge in [-0.1, -0.05) is 168 Å². The van der Waals surface area contributed by atoms with Gasteiger partial charge in [0.15, 0.2) is 5.78 Å². The zero-order valence-corrected chi connectivity index (χ0v) is 28.0. The molecule has 0 spiro atoms. The zero-order valence-electron chi connectivity index (χ0n) is 28.0. The number of esters is 2. The summed E-state index contributed by atoms with van der Waals surface area (Å²) in [5.41, 5.74) is -2.47. The van der Waals surface area contributed by atoms with Crippen LogP contribution in [0.15, 0.2) is 0 Å². The quantitative estimate of drug-likeness (QED) is 0.0472. The standard InChI is InChI=1S/C36H68O6/c1-4-6-8-10-12-14-16-17-18-19-20-21-23-24-26-28-30-41-34(38)32-36(40,33(3)37)35(39)42-31-29-27-25-22-15-13-11-9-7-5-2/h40H,4-32H2,1-3H3. The van der Waals surface area contributed by atoms with E-state index in [-0.39, 0.29) is 13.2 Å². The molecule has 6 nitrogen and oxygen atoms in total. The fraction of sp³-hybridized carbons (Fsp3) is 0.917. The molecular weight excluding hydrogens is 528 g/mol. The van der Waals surface area contributed by atoms with Gasteiger partial charge >= 0.3 is 11.9 Å². The molecule has 0 aromatic heterocycles. The van der Waals surface area contributed by atoms with Crippen LogP contribution in [0.4, 0.5) is 0 Å². The van der Waals surface area contributed by atoms with Crippen LogP contribution in [-0.2, 0) is 23.9 Å². The number of hydrogen-bond donors (Lipinski definition) is 1. The molecule has 6 heteroatoms. The highest BCUT2D eigenvalue weighted by atomic mass is 16.6. The number of hydrogen-bond acceptors (Lipinski definition) is 6. The van der Waals surface area contributed by atoms with E-state index in [1.54, 1.807) is 0 Å². The summed E-state index contributed by atoms with van der Waals surface area (Å²) in [6, 6.07) is 0. The van der Waals surface area contributed by atoms with Crippen molar-refractivity contribution in [3.8, 4) is 0 Å². The summed E-state index contributed by atoms with van der Waals surface area (Å²) in [7, 11) is 0. The molecule has 0 saturated heterocycles. The van der Waals surface area contributed by atoms with Gasteiger partial charge in [0, 0.05) is 0 Å². The number of rotatable bonds is 32. The third-order valence-electron chi connectivity index (χ3n) is 8.31. The molecule has 0 rings (SSSR count). The van der Waals surface area contributed by atoms with Crippen LogP contribution in [0, 0.1) is 0 Å². The largest absolute Gasteiger partial charge is 0.466 e. The Balaban J connectivity index is 3.78. The Morgan fingerprint density at radius 3 is 1.07 bits per heavy atom. The topological polar surface area (TPSA) is 89.9 Å². The predicted molar refractivity (Wildman–Crippen MR) is 174 cm³/mol. The molecule has 1 N–H and O–H groups in total. The zero-order chi connectivity index (χ0) is 31.2. The molecule has 42 heavy (non-hydrogen) atoms. The lowest BCUT2D eigenvalue weighted by Gasteiger charge is -2.22. The number of carbonyl (C=O) groups is 3. The van der Waals surface area contributed by atoms with Crippen molar-refractivity contribution in [1.82, 2.24) is 0 Å². The van der Waals surface area contributed by atoms with Crippen LogP contribution in [0.5, 0.6) is 0 Å². The first-order valence-electron chi connectivity index (χ1n) is 17.9. The maximum absolute atomic E-state index is 12.4. The lowest BCUT2D eigenvalue weighted by molar-refractivity contribution is -0.176. The Morgan fingerprint density at radius 1 is 0.476 bits per heavy atom. The molecule has 0 bridgehead atoms. The molecule has 0 aromatic rings. The fourth-order valence-electron chi connectivity index (χ4n) is 5.31. The number of ketones is 1. The van der Waals surface area contributed by atoms with Crippen molar-refractivity contribution in [3.63, 3.8) is 0 Å². The number of ether oxygens (including phenoxy) is 2. The molecular formula is C36H68O6. The second-order valence-electron chi connectivity index (χ2n) is 12.4. The summed E-state index contributed by atoms with van der Waals surface area (Å²) < 4.78 is 10.4. The minimum Gasteiger partial charge on any atom is -0.466 e. The maximum atomic E-state index is 12.4. The third kappa shape index (κ3) is 24.1. The van der Waals surface area contributed by atoms with E-state index in [0.29, 0.717) is 6.42 Å². The highest BCUT2D eigenvalue weighted by Gasteiger charge is 2.45. The first-order valence-corrected chi connectivity index (χ1v) is 17.9. The maximum Gasteiger partial charge on any atom is 0.346 e. The summed E-state index contributed by atoms with van der Waals surface area (Å²) >= 11 is 0. The molecule has 0 aliphatic rings. The van der Waals surface area contributed by atoms with E-state index in [2.05, 4.69) is 13.8 Å². The number of carbonyl (C=O) groups excluding carboxylic acids is 3. The van der Waals surface area contributed by atoms with Crippen molar-refractivity contribution in [1.29, 1.82) is 0 Å². The molecule has 0 aliphatic carbocycles. The number of Topliss-reactive ketones (excluding diaryl/α,β-unsaturated/α-hetero) is 1. The Hall–Kier alpha value is -1.43.